The number of nitrogens with zero attached hydrogens (tertiary/aromatic N) is 2. The van der Waals surface area contributed by atoms with Gasteiger partial charge in [-0.1, -0.05) is 6.07 Å². The molecule has 1 aromatic carbocycles. The normalized spacial score (nSPS) is 10.4. The number of benzene rings is 1. The minimum absolute atomic E-state index is 0.0694. The Morgan fingerprint density at radius 1 is 1.44 bits per heavy atom. The lowest BCUT2D eigenvalue weighted by Gasteiger charge is -2.04. The largest absolute Gasteiger partial charge is 0.476 e. The third-order valence-corrected chi connectivity index (χ3v) is 3.05. The van der Waals surface area contributed by atoms with E-state index in [1.165, 1.54) is 23.0 Å². The number of rotatable bonds is 2. The SMILES string of the molecule is O=C(O)c1ccn(-c2cccc(F)c2I)n1. The first-order chi connectivity index (χ1) is 7.59. The third kappa shape index (κ3) is 1.92. The highest BCUT2D eigenvalue weighted by atomic mass is 127. The molecule has 0 atom stereocenters. The van der Waals surface area contributed by atoms with E-state index >= 15 is 0 Å². The number of hydrogen-bond donors (Lipinski definition) is 1. The van der Waals surface area contributed by atoms with Crippen LogP contribution in [0.15, 0.2) is 30.5 Å². The van der Waals surface area contributed by atoms with Gasteiger partial charge in [0.15, 0.2) is 5.69 Å². The van der Waals surface area contributed by atoms with Gasteiger partial charge in [-0.2, -0.15) is 5.10 Å². The molecule has 0 saturated heterocycles. The van der Waals surface area contributed by atoms with Crippen LogP contribution in [0.2, 0.25) is 0 Å². The van der Waals surface area contributed by atoms with E-state index in [1.54, 1.807) is 12.1 Å². The minimum Gasteiger partial charge on any atom is -0.476 e. The molecule has 4 nitrogen and oxygen atoms in total. The van der Waals surface area contributed by atoms with E-state index in [2.05, 4.69) is 5.10 Å². The van der Waals surface area contributed by atoms with E-state index in [4.69, 9.17) is 5.11 Å². The van der Waals surface area contributed by atoms with Crippen molar-refractivity contribution in [3.8, 4) is 5.69 Å². The zero-order valence-corrected chi connectivity index (χ0v) is 10.1. The third-order valence-electron chi connectivity index (χ3n) is 1.99. The van der Waals surface area contributed by atoms with Gasteiger partial charge in [0.1, 0.15) is 5.82 Å². The van der Waals surface area contributed by atoms with Gasteiger partial charge < -0.3 is 5.11 Å². The highest BCUT2D eigenvalue weighted by Crippen LogP contribution is 2.19. The molecular formula is C10H6FIN2O2. The summed E-state index contributed by atoms with van der Waals surface area (Å²) in [6.07, 6.45) is 1.49. The van der Waals surface area contributed by atoms with Crippen LogP contribution >= 0.6 is 22.6 Å². The summed E-state index contributed by atoms with van der Waals surface area (Å²) in [6, 6.07) is 5.93. The van der Waals surface area contributed by atoms with Crippen LogP contribution in [-0.4, -0.2) is 20.9 Å². The maximum Gasteiger partial charge on any atom is 0.356 e. The maximum absolute atomic E-state index is 13.3. The Morgan fingerprint density at radius 2 is 2.19 bits per heavy atom. The van der Waals surface area contributed by atoms with Crippen LogP contribution in [0.4, 0.5) is 4.39 Å². The molecule has 6 heteroatoms. The van der Waals surface area contributed by atoms with E-state index in [9.17, 15) is 9.18 Å². The van der Waals surface area contributed by atoms with E-state index in [-0.39, 0.29) is 11.5 Å². The Balaban J connectivity index is 2.50. The quantitative estimate of drug-likeness (QED) is 0.859. The number of carboxylic acid groups (broad SMARTS) is 1. The van der Waals surface area contributed by atoms with Gasteiger partial charge in [-0.25, -0.2) is 13.9 Å². The molecule has 0 aliphatic heterocycles. The van der Waals surface area contributed by atoms with E-state index in [0.29, 0.717) is 9.26 Å². The standard InChI is InChI=1S/C10H6FIN2O2/c11-6-2-1-3-8(9(6)12)14-5-4-7(13-14)10(15)16/h1-5H,(H,15,16). The van der Waals surface area contributed by atoms with Crippen molar-refractivity contribution in [1.82, 2.24) is 9.78 Å². The molecule has 0 amide bonds. The molecule has 16 heavy (non-hydrogen) atoms. The van der Waals surface area contributed by atoms with Gasteiger partial charge in [0.2, 0.25) is 0 Å². The number of hydrogen-bond acceptors (Lipinski definition) is 2. The van der Waals surface area contributed by atoms with Crippen molar-refractivity contribution in [1.29, 1.82) is 0 Å². The second kappa shape index (κ2) is 4.20. The maximum atomic E-state index is 13.3. The molecule has 82 valence electrons. The summed E-state index contributed by atoms with van der Waals surface area (Å²) in [5.41, 5.74) is 0.452. The van der Waals surface area contributed by atoms with Crippen LogP contribution in [0.1, 0.15) is 10.5 Å². The first-order valence-electron chi connectivity index (χ1n) is 4.33. The summed E-state index contributed by atoms with van der Waals surface area (Å²) < 4.78 is 15.0. The van der Waals surface area contributed by atoms with Gasteiger partial charge in [-0.05, 0) is 40.8 Å². The molecule has 0 bridgehead atoms. The number of aromatic nitrogens is 2. The monoisotopic (exact) mass is 332 g/mol. The van der Waals surface area contributed by atoms with Gasteiger partial charge in [0.25, 0.3) is 0 Å². The van der Waals surface area contributed by atoms with Gasteiger partial charge in [0, 0.05) is 6.20 Å². The second-order valence-corrected chi connectivity index (χ2v) is 4.10. The van der Waals surface area contributed by atoms with Crippen molar-refractivity contribution in [2.45, 2.75) is 0 Å². The predicted octanol–water partition coefficient (Wildman–Crippen LogP) is 2.31. The highest BCUT2D eigenvalue weighted by Gasteiger charge is 2.11. The smallest absolute Gasteiger partial charge is 0.356 e. The van der Waals surface area contributed by atoms with Gasteiger partial charge in [0.05, 0.1) is 9.26 Å². The minimum atomic E-state index is -1.11. The van der Waals surface area contributed by atoms with Gasteiger partial charge in [-0.15, -0.1) is 0 Å². The van der Waals surface area contributed by atoms with Crippen LogP contribution in [-0.2, 0) is 0 Å². The first-order valence-corrected chi connectivity index (χ1v) is 5.41. The molecule has 2 rings (SSSR count). The Bertz CT molecular complexity index is 554. The Kier molecular flexibility index (Phi) is 2.90. The molecule has 2 aromatic rings. The fourth-order valence-electron chi connectivity index (χ4n) is 1.24. The summed E-state index contributed by atoms with van der Waals surface area (Å²) in [7, 11) is 0. The number of aromatic carboxylic acids is 1. The molecular weight excluding hydrogens is 326 g/mol. The van der Waals surface area contributed by atoms with Crippen molar-refractivity contribution >= 4 is 28.6 Å². The predicted molar refractivity (Wildman–Crippen MR) is 63.2 cm³/mol. The number of halogens is 2. The van der Waals surface area contributed by atoms with Crippen LogP contribution in [0, 0.1) is 9.39 Å². The molecule has 0 saturated carbocycles. The van der Waals surface area contributed by atoms with Crippen molar-refractivity contribution in [3.05, 3.63) is 45.5 Å². The Labute approximate surface area is 104 Å². The summed E-state index contributed by atoms with van der Waals surface area (Å²) in [6.45, 7) is 0. The van der Waals surface area contributed by atoms with Crippen LogP contribution in [0.3, 0.4) is 0 Å². The zero-order chi connectivity index (χ0) is 11.7. The molecule has 0 aliphatic carbocycles. The van der Waals surface area contributed by atoms with Crippen LogP contribution < -0.4 is 0 Å². The van der Waals surface area contributed by atoms with Crippen molar-refractivity contribution in [2.75, 3.05) is 0 Å². The summed E-state index contributed by atoms with van der Waals surface area (Å²) in [4.78, 5) is 10.6. The molecule has 0 unspecified atom stereocenters. The second-order valence-electron chi connectivity index (χ2n) is 3.02. The average molecular weight is 332 g/mol. The fourth-order valence-corrected chi connectivity index (χ4v) is 1.85. The van der Waals surface area contributed by atoms with Gasteiger partial charge in [-0.3, -0.25) is 0 Å². The lowest BCUT2D eigenvalue weighted by molar-refractivity contribution is 0.0690. The Hall–Kier alpha value is -1.44. The zero-order valence-electron chi connectivity index (χ0n) is 7.89. The van der Waals surface area contributed by atoms with Crippen LogP contribution in [0.25, 0.3) is 5.69 Å². The molecule has 0 spiro atoms. The van der Waals surface area contributed by atoms with Crippen molar-refractivity contribution in [3.63, 3.8) is 0 Å². The van der Waals surface area contributed by atoms with E-state index in [1.807, 2.05) is 22.6 Å². The van der Waals surface area contributed by atoms with Crippen molar-refractivity contribution in [2.24, 2.45) is 0 Å². The molecule has 0 aliphatic rings. The average Bonchev–Trinajstić information content (AvgIpc) is 2.71. The van der Waals surface area contributed by atoms with Gasteiger partial charge >= 0.3 is 5.97 Å². The van der Waals surface area contributed by atoms with E-state index < -0.39 is 5.97 Å². The summed E-state index contributed by atoms with van der Waals surface area (Å²) in [5.74, 6) is -1.46. The van der Waals surface area contributed by atoms with Crippen molar-refractivity contribution < 1.29 is 14.3 Å². The highest BCUT2D eigenvalue weighted by molar-refractivity contribution is 14.1. The molecule has 1 heterocycles. The fraction of sp³-hybridized carbons (Fsp3) is 0. The first kappa shape index (κ1) is 11.1. The lowest BCUT2D eigenvalue weighted by atomic mass is 10.3. The number of carbonyl (C=O) groups is 1. The molecule has 1 aromatic heterocycles. The summed E-state index contributed by atoms with van der Waals surface area (Å²) >= 11 is 1.85. The Morgan fingerprint density at radius 3 is 2.81 bits per heavy atom. The number of carboxylic acids is 1. The topological polar surface area (TPSA) is 55.1 Å². The summed E-state index contributed by atoms with van der Waals surface area (Å²) in [5, 5.41) is 12.5. The van der Waals surface area contributed by atoms with E-state index in [0.717, 1.165) is 0 Å². The molecule has 1 N–H and O–H groups in total. The van der Waals surface area contributed by atoms with Crippen LogP contribution in [0.5, 0.6) is 0 Å². The molecule has 0 fully saturated rings. The molecule has 0 radical (unpaired) electrons. The lowest BCUT2D eigenvalue weighted by Crippen LogP contribution is -2.03.